The van der Waals surface area contributed by atoms with Crippen LogP contribution in [0.5, 0.6) is 0 Å². The number of amides is 1. The fourth-order valence-electron chi connectivity index (χ4n) is 2.32. The Balaban J connectivity index is 2.04. The molecule has 0 bridgehead atoms. The average molecular weight is 387 g/mol. The van der Waals surface area contributed by atoms with Gasteiger partial charge in [-0.15, -0.1) is 11.8 Å². The molecule has 2 rings (SSSR count). The van der Waals surface area contributed by atoms with Crippen LogP contribution in [-0.4, -0.2) is 37.3 Å². The van der Waals surface area contributed by atoms with E-state index >= 15 is 0 Å². The number of benzene rings is 2. The van der Waals surface area contributed by atoms with Crippen LogP contribution in [-0.2, 0) is 20.8 Å². The van der Waals surface area contributed by atoms with Crippen molar-refractivity contribution in [2.24, 2.45) is 0 Å². The lowest BCUT2D eigenvalue weighted by Gasteiger charge is -2.13. The van der Waals surface area contributed by atoms with Crippen molar-refractivity contribution < 1.29 is 23.9 Å². The normalized spacial score (nSPS) is 11.4. The first-order valence-corrected chi connectivity index (χ1v) is 9.13. The molecule has 1 N–H and O–H groups in total. The van der Waals surface area contributed by atoms with E-state index in [0.717, 1.165) is 5.56 Å². The van der Waals surface area contributed by atoms with Crippen molar-refractivity contribution in [1.29, 1.82) is 0 Å². The van der Waals surface area contributed by atoms with Crippen molar-refractivity contribution in [2.45, 2.75) is 23.6 Å². The maximum absolute atomic E-state index is 12.6. The van der Waals surface area contributed by atoms with E-state index in [4.69, 9.17) is 4.74 Å². The van der Waals surface area contributed by atoms with Crippen LogP contribution >= 0.6 is 11.8 Å². The van der Waals surface area contributed by atoms with Crippen molar-refractivity contribution in [1.82, 2.24) is 5.32 Å². The zero-order valence-electron chi connectivity index (χ0n) is 15.4. The minimum Gasteiger partial charge on any atom is -0.468 e. The Morgan fingerprint density at radius 2 is 1.67 bits per heavy atom. The zero-order chi connectivity index (χ0) is 19.8. The predicted molar refractivity (Wildman–Crippen MR) is 103 cm³/mol. The van der Waals surface area contributed by atoms with Crippen molar-refractivity contribution >= 4 is 29.6 Å². The molecule has 0 spiro atoms. The Morgan fingerprint density at radius 1 is 1.00 bits per heavy atom. The second kappa shape index (κ2) is 9.78. The molecule has 2 aromatic rings. The number of nitrogens with one attached hydrogen (secondary N) is 1. The van der Waals surface area contributed by atoms with Crippen LogP contribution in [0.15, 0.2) is 53.4 Å². The van der Waals surface area contributed by atoms with Crippen LogP contribution in [0.4, 0.5) is 0 Å². The molecular weight excluding hydrogens is 366 g/mol. The summed E-state index contributed by atoms with van der Waals surface area (Å²) < 4.78 is 9.39. The summed E-state index contributed by atoms with van der Waals surface area (Å²) in [6, 6.07) is 13.9. The standard InChI is InChI=1S/C20H21NO5S/c1-13(19(23)25-2)27-17-7-5-4-6-16(17)18(22)21-12-14-8-10-15(11-9-14)20(24)26-3/h4-11,13H,12H2,1-3H3,(H,21,22). The second-order valence-corrected chi connectivity index (χ2v) is 7.03. The monoisotopic (exact) mass is 387 g/mol. The summed E-state index contributed by atoms with van der Waals surface area (Å²) in [6.07, 6.45) is 0. The molecule has 0 heterocycles. The molecule has 0 fully saturated rings. The van der Waals surface area contributed by atoms with E-state index in [9.17, 15) is 14.4 Å². The largest absolute Gasteiger partial charge is 0.468 e. The van der Waals surface area contributed by atoms with Gasteiger partial charge >= 0.3 is 11.9 Å². The van der Waals surface area contributed by atoms with E-state index in [-0.39, 0.29) is 11.9 Å². The summed E-state index contributed by atoms with van der Waals surface area (Å²) in [5.41, 5.74) is 1.79. The highest BCUT2D eigenvalue weighted by molar-refractivity contribution is 8.00. The number of methoxy groups -OCH3 is 2. The van der Waals surface area contributed by atoms with Crippen LogP contribution in [0.1, 0.15) is 33.2 Å². The van der Waals surface area contributed by atoms with E-state index in [1.807, 2.05) is 6.07 Å². The summed E-state index contributed by atoms with van der Waals surface area (Å²) in [7, 11) is 2.66. The highest BCUT2D eigenvalue weighted by Crippen LogP contribution is 2.27. The average Bonchev–Trinajstić information content (AvgIpc) is 2.71. The van der Waals surface area contributed by atoms with Gasteiger partial charge in [0.25, 0.3) is 5.91 Å². The molecule has 142 valence electrons. The van der Waals surface area contributed by atoms with E-state index in [0.29, 0.717) is 22.6 Å². The molecule has 1 atom stereocenters. The van der Waals surface area contributed by atoms with Crippen molar-refractivity contribution in [2.75, 3.05) is 14.2 Å². The number of rotatable bonds is 7. The Morgan fingerprint density at radius 3 is 2.30 bits per heavy atom. The Labute approximate surface area is 162 Å². The van der Waals surface area contributed by atoms with Gasteiger partial charge in [-0.25, -0.2) is 4.79 Å². The number of hydrogen-bond donors (Lipinski definition) is 1. The van der Waals surface area contributed by atoms with Gasteiger partial charge in [-0.1, -0.05) is 24.3 Å². The van der Waals surface area contributed by atoms with Gasteiger partial charge in [0.15, 0.2) is 0 Å². The van der Waals surface area contributed by atoms with Gasteiger partial charge in [0.2, 0.25) is 0 Å². The number of thioether (sulfide) groups is 1. The lowest BCUT2D eigenvalue weighted by Crippen LogP contribution is -2.24. The van der Waals surface area contributed by atoms with Crippen molar-refractivity contribution in [3.8, 4) is 0 Å². The quantitative estimate of drug-likeness (QED) is 0.581. The topological polar surface area (TPSA) is 81.7 Å². The Hall–Kier alpha value is -2.80. The molecule has 0 aliphatic heterocycles. The van der Waals surface area contributed by atoms with Crippen LogP contribution in [0.2, 0.25) is 0 Å². The maximum Gasteiger partial charge on any atom is 0.337 e. The molecule has 27 heavy (non-hydrogen) atoms. The van der Waals surface area contributed by atoms with Gasteiger partial charge < -0.3 is 14.8 Å². The van der Waals surface area contributed by atoms with E-state index in [2.05, 4.69) is 10.1 Å². The smallest absolute Gasteiger partial charge is 0.337 e. The summed E-state index contributed by atoms with van der Waals surface area (Å²) in [5.74, 6) is -0.996. The second-order valence-electron chi connectivity index (χ2n) is 5.65. The molecule has 0 saturated heterocycles. The maximum atomic E-state index is 12.6. The van der Waals surface area contributed by atoms with Crippen molar-refractivity contribution in [3.63, 3.8) is 0 Å². The Kier molecular flexibility index (Phi) is 7.43. The summed E-state index contributed by atoms with van der Waals surface area (Å²) >= 11 is 1.27. The third-order valence-electron chi connectivity index (χ3n) is 3.80. The molecule has 6 nitrogen and oxygen atoms in total. The molecule has 7 heteroatoms. The molecule has 0 aliphatic rings. The third kappa shape index (κ3) is 5.59. The van der Waals surface area contributed by atoms with Gasteiger partial charge in [-0.05, 0) is 36.8 Å². The minimum atomic E-state index is -0.421. The van der Waals surface area contributed by atoms with Crippen molar-refractivity contribution in [3.05, 3.63) is 65.2 Å². The molecule has 2 aromatic carbocycles. The first kappa shape index (κ1) is 20.5. The predicted octanol–water partition coefficient (Wildman–Crippen LogP) is 3.06. The molecule has 0 aromatic heterocycles. The van der Waals surface area contributed by atoms with Crippen LogP contribution < -0.4 is 5.32 Å². The molecule has 1 amide bonds. The minimum absolute atomic E-state index is 0.243. The lowest BCUT2D eigenvalue weighted by atomic mass is 10.1. The zero-order valence-corrected chi connectivity index (χ0v) is 16.2. The van der Waals surface area contributed by atoms with E-state index in [1.165, 1.54) is 26.0 Å². The number of carbonyl (C=O) groups is 3. The van der Waals surface area contributed by atoms with Crippen LogP contribution in [0, 0.1) is 0 Å². The van der Waals surface area contributed by atoms with Gasteiger partial charge in [0.05, 0.1) is 25.3 Å². The molecule has 0 radical (unpaired) electrons. The Bertz CT molecular complexity index is 819. The fraction of sp³-hybridized carbons (Fsp3) is 0.250. The van der Waals surface area contributed by atoms with Gasteiger partial charge in [-0.3, -0.25) is 9.59 Å². The summed E-state index contributed by atoms with van der Waals surface area (Å²) in [5, 5.41) is 2.43. The molecule has 0 saturated carbocycles. The number of carbonyl (C=O) groups excluding carboxylic acids is 3. The van der Waals surface area contributed by atoms with Crippen LogP contribution in [0.3, 0.4) is 0 Å². The van der Waals surface area contributed by atoms with E-state index in [1.54, 1.807) is 49.4 Å². The highest BCUT2D eigenvalue weighted by atomic mass is 32.2. The first-order valence-electron chi connectivity index (χ1n) is 8.25. The number of ether oxygens (including phenoxy) is 2. The summed E-state index contributed by atoms with van der Waals surface area (Å²) in [4.78, 5) is 36.3. The summed E-state index contributed by atoms with van der Waals surface area (Å²) in [6.45, 7) is 2.04. The van der Waals surface area contributed by atoms with E-state index < -0.39 is 11.2 Å². The first-order chi connectivity index (χ1) is 13.0. The fourth-order valence-corrected chi connectivity index (χ4v) is 3.33. The van der Waals surface area contributed by atoms with Gasteiger partial charge in [0, 0.05) is 11.4 Å². The third-order valence-corrected chi connectivity index (χ3v) is 4.95. The SMILES string of the molecule is COC(=O)c1ccc(CNC(=O)c2ccccc2SC(C)C(=O)OC)cc1. The number of esters is 2. The van der Waals surface area contributed by atoms with Crippen LogP contribution in [0.25, 0.3) is 0 Å². The molecule has 0 aliphatic carbocycles. The number of hydrogen-bond acceptors (Lipinski definition) is 6. The van der Waals surface area contributed by atoms with Gasteiger partial charge in [0.1, 0.15) is 5.25 Å². The van der Waals surface area contributed by atoms with Gasteiger partial charge in [-0.2, -0.15) is 0 Å². The lowest BCUT2D eigenvalue weighted by molar-refractivity contribution is -0.139. The highest BCUT2D eigenvalue weighted by Gasteiger charge is 2.18. The molecule has 1 unspecified atom stereocenters. The molecular formula is C20H21NO5S.